The topological polar surface area (TPSA) is 116 Å². The number of ether oxygens (including phenoxy) is 7. The summed E-state index contributed by atoms with van der Waals surface area (Å²) >= 11 is 0. The molecule has 1 aliphatic rings. The third kappa shape index (κ3) is 5.90. The molecule has 0 saturated carbocycles. The van der Waals surface area contributed by atoms with E-state index in [0.717, 1.165) is 0 Å². The SMILES string of the molecule is COC[C@@H](OC(C)=O)[C@H]1O[C@@H](OC)[C@H](OC(C)=O)[C@@H](OC(C)=O)[C@@H]1OC. The molecule has 0 aliphatic carbocycles. The van der Waals surface area contributed by atoms with E-state index in [0.29, 0.717) is 0 Å². The van der Waals surface area contributed by atoms with E-state index < -0.39 is 54.7 Å². The van der Waals surface area contributed by atoms with Crippen molar-refractivity contribution in [2.75, 3.05) is 27.9 Å². The fraction of sp³-hybridized carbons (Fsp3) is 0.812. The molecule has 1 aliphatic heterocycles. The minimum absolute atomic E-state index is 0.00552. The average molecular weight is 378 g/mol. The van der Waals surface area contributed by atoms with Gasteiger partial charge in [0.05, 0.1) is 6.61 Å². The maximum absolute atomic E-state index is 11.6. The number of hydrogen-bond acceptors (Lipinski definition) is 10. The molecular weight excluding hydrogens is 352 g/mol. The molecule has 10 heteroatoms. The van der Waals surface area contributed by atoms with Gasteiger partial charge in [-0.25, -0.2) is 0 Å². The summed E-state index contributed by atoms with van der Waals surface area (Å²) in [5.41, 5.74) is 0. The van der Waals surface area contributed by atoms with Gasteiger partial charge in [0.1, 0.15) is 12.2 Å². The monoisotopic (exact) mass is 378 g/mol. The number of hydrogen-bond donors (Lipinski definition) is 0. The molecule has 26 heavy (non-hydrogen) atoms. The van der Waals surface area contributed by atoms with Gasteiger partial charge in [0.15, 0.2) is 24.6 Å². The highest BCUT2D eigenvalue weighted by atomic mass is 16.7. The maximum Gasteiger partial charge on any atom is 0.303 e. The van der Waals surface area contributed by atoms with Gasteiger partial charge in [-0.1, -0.05) is 0 Å². The minimum Gasteiger partial charge on any atom is -0.457 e. The van der Waals surface area contributed by atoms with E-state index in [2.05, 4.69) is 0 Å². The van der Waals surface area contributed by atoms with Gasteiger partial charge >= 0.3 is 17.9 Å². The van der Waals surface area contributed by atoms with Gasteiger partial charge in [-0.3, -0.25) is 14.4 Å². The van der Waals surface area contributed by atoms with Gasteiger partial charge in [-0.05, 0) is 0 Å². The summed E-state index contributed by atoms with van der Waals surface area (Å²) in [4.78, 5) is 34.5. The third-order valence-corrected chi connectivity index (χ3v) is 3.65. The van der Waals surface area contributed by atoms with Crippen molar-refractivity contribution in [2.24, 2.45) is 0 Å². The molecule has 0 aromatic heterocycles. The Morgan fingerprint density at radius 3 is 1.85 bits per heavy atom. The molecule has 1 saturated heterocycles. The maximum atomic E-state index is 11.6. The molecule has 6 atom stereocenters. The first-order chi connectivity index (χ1) is 12.2. The van der Waals surface area contributed by atoms with Gasteiger partial charge in [-0.2, -0.15) is 0 Å². The lowest BCUT2D eigenvalue weighted by Crippen LogP contribution is -2.64. The summed E-state index contributed by atoms with van der Waals surface area (Å²) in [5.74, 6) is -1.77. The molecule has 1 fully saturated rings. The standard InChI is InChI=1S/C16H26O10/c1-8(17)23-11(7-20-4)12-13(21-5)14(24-9(2)18)15(25-10(3)19)16(22-6)26-12/h11-16H,7H2,1-6H3/t11-,12-,13-,14+,15-,16-/m1/s1. The van der Waals surface area contributed by atoms with Crippen LogP contribution in [0.1, 0.15) is 20.8 Å². The van der Waals surface area contributed by atoms with E-state index in [9.17, 15) is 14.4 Å². The van der Waals surface area contributed by atoms with E-state index >= 15 is 0 Å². The van der Waals surface area contributed by atoms with Crippen molar-refractivity contribution < 1.29 is 47.5 Å². The van der Waals surface area contributed by atoms with Crippen LogP contribution >= 0.6 is 0 Å². The lowest BCUT2D eigenvalue weighted by molar-refractivity contribution is -0.314. The van der Waals surface area contributed by atoms with Crippen molar-refractivity contribution in [1.29, 1.82) is 0 Å². The Balaban J connectivity index is 3.24. The second kappa shape index (κ2) is 10.4. The number of carbonyl (C=O) groups excluding carboxylic acids is 3. The van der Waals surface area contributed by atoms with Crippen LogP contribution in [-0.4, -0.2) is 82.7 Å². The van der Waals surface area contributed by atoms with E-state index in [1.165, 1.54) is 42.1 Å². The molecular formula is C16H26O10. The highest BCUT2D eigenvalue weighted by Gasteiger charge is 2.53. The molecule has 0 radical (unpaired) electrons. The van der Waals surface area contributed by atoms with Crippen LogP contribution in [0, 0.1) is 0 Å². The van der Waals surface area contributed by atoms with Crippen LogP contribution in [0.5, 0.6) is 0 Å². The zero-order valence-electron chi connectivity index (χ0n) is 15.8. The average Bonchev–Trinajstić information content (AvgIpc) is 2.54. The fourth-order valence-electron chi connectivity index (χ4n) is 2.81. The number of rotatable bonds is 8. The number of carbonyl (C=O) groups is 3. The Kier molecular flexibility index (Phi) is 8.93. The predicted molar refractivity (Wildman–Crippen MR) is 85.0 cm³/mol. The predicted octanol–water partition coefficient (Wildman–Crippen LogP) is -0.186. The Labute approximate surface area is 151 Å². The van der Waals surface area contributed by atoms with Crippen LogP contribution in [0.2, 0.25) is 0 Å². The molecule has 0 aromatic rings. The van der Waals surface area contributed by atoms with Gasteiger partial charge in [0.25, 0.3) is 0 Å². The van der Waals surface area contributed by atoms with E-state index in [4.69, 9.17) is 33.2 Å². The lowest BCUT2D eigenvalue weighted by Gasteiger charge is -2.45. The minimum atomic E-state index is -1.07. The molecule has 1 rings (SSSR count). The van der Waals surface area contributed by atoms with Crippen LogP contribution in [0.25, 0.3) is 0 Å². The summed E-state index contributed by atoms with van der Waals surface area (Å²) < 4.78 is 37.4. The summed E-state index contributed by atoms with van der Waals surface area (Å²) in [5, 5.41) is 0. The smallest absolute Gasteiger partial charge is 0.303 e. The Morgan fingerprint density at radius 2 is 1.42 bits per heavy atom. The van der Waals surface area contributed by atoms with Gasteiger partial charge < -0.3 is 33.2 Å². The molecule has 1 heterocycles. The van der Waals surface area contributed by atoms with E-state index in [-0.39, 0.29) is 6.61 Å². The Bertz CT molecular complexity index is 493. The van der Waals surface area contributed by atoms with Crippen molar-refractivity contribution >= 4 is 17.9 Å². The van der Waals surface area contributed by atoms with Gasteiger partial charge in [0.2, 0.25) is 0 Å². The first-order valence-corrected chi connectivity index (χ1v) is 7.96. The molecule has 0 bridgehead atoms. The molecule has 0 amide bonds. The molecule has 10 nitrogen and oxygen atoms in total. The van der Waals surface area contributed by atoms with Crippen molar-refractivity contribution in [3.8, 4) is 0 Å². The molecule has 0 unspecified atom stereocenters. The second-order valence-electron chi connectivity index (χ2n) is 5.66. The summed E-state index contributed by atoms with van der Waals surface area (Å²) in [6.45, 7) is 3.67. The molecule has 0 aromatic carbocycles. The van der Waals surface area contributed by atoms with Crippen molar-refractivity contribution in [3.63, 3.8) is 0 Å². The molecule has 0 spiro atoms. The van der Waals surface area contributed by atoms with Crippen LogP contribution in [0.4, 0.5) is 0 Å². The van der Waals surface area contributed by atoms with Crippen molar-refractivity contribution in [1.82, 2.24) is 0 Å². The highest BCUT2D eigenvalue weighted by Crippen LogP contribution is 2.31. The first-order valence-electron chi connectivity index (χ1n) is 7.96. The largest absolute Gasteiger partial charge is 0.457 e. The fourth-order valence-corrected chi connectivity index (χ4v) is 2.81. The summed E-state index contributed by atoms with van der Waals surface area (Å²) in [6, 6.07) is 0. The molecule has 150 valence electrons. The highest BCUT2D eigenvalue weighted by molar-refractivity contribution is 5.67. The van der Waals surface area contributed by atoms with E-state index in [1.54, 1.807) is 0 Å². The van der Waals surface area contributed by atoms with Crippen LogP contribution in [-0.2, 0) is 47.5 Å². The molecule has 0 N–H and O–H groups in total. The zero-order chi connectivity index (χ0) is 19.9. The Hall–Kier alpha value is -1.75. The summed E-state index contributed by atoms with van der Waals surface area (Å²) in [6.07, 6.45) is -5.85. The number of esters is 3. The van der Waals surface area contributed by atoms with E-state index in [1.807, 2.05) is 0 Å². The second-order valence-corrected chi connectivity index (χ2v) is 5.66. The lowest BCUT2D eigenvalue weighted by atomic mass is 9.94. The van der Waals surface area contributed by atoms with Crippen LogP contribution < -0.4 is 0 Å². The normalized spacial score (nSPS) is 29.5. The number of methoxy groups -OCH3 is 3. The van der Waals surface area contributed by atoms with Crippen LogP contribution in [0.15, 0.2) is 0 Å². The third-order valence-electron chi connectivity index (χ3n) is 3.65. The first kappa shape index (κ1) is 22.3. The zero-order valence-corrected chi connectivity index (χ0v) is 15.8. The quantitative estimate of drug-likeness (QED) is 0.416. The van der Waals surface area contributed by atoms with Gasteiger partial charge in [0, 0.05) is 42.1 Å². The Morgan fingerprint density at radius 1 is 0.846 bits per heavy atom. The van der Waals surface area contributed by atoms with Gasteiger partial charge in [-0.15, -0.1) is 0 Å². The summed E-state index contributed by atoms with van der Waals surface area (Å²) in [7, 11) is 4.14. The van der Waals surface area contributed by atoms with Crippen molar-refractivity contribution in [3.05, 3.63) is 0 Å². The van der Waals surface area contributed by atoms with Crippen molar-refractivity contribution in [2.45, 2.75) is 57.6 Å². The van der Waals surface area contributed by atoms with Crippen LogP contribution in [0.3, 0.4) is 0 Å².